The minimum Gasteiger partial charge on any atom is -0.309 e. The zero-order chi connectivity index (χ0) is 16.6. The lowest BCUT2D eigenvalue weighted by atomic mass is 10.0. The molecule has 0 saturated heterocycles. The zero-order valence-electron chi connectivity index (χ0n) is 14.3. The fourth-order valence-corrected chi connectivity index (χ4v) is 3.30. The van der Waals surface area contributed by atoms with Crippen molar-refractivity contribution in [2.75, 3.05) is 5.32 Å². The Labute approximate surface area is 137 Å². The molecule has 0 bridgehead atoms. The van der Waals surface area contributed by atoms with Gasteiger partial charge in [0.15, 0.2) is 0 Å². The van der Waals surface area contributed by atoms with Gasteiger partial charge < -0.3 is 9.88 Å². The number of hydrogen-bond donors (Lipinski definition) is 1. The van der Waals surface area contributed by atoms with E-state index in [1.165, 1.54) is 5.56 Å². The number of imidazole rings is 1. The van der Waals surface area contributed by atoms with Crippen LogP contribution >= 0.6 is 0 Å². The largest absolute Gasteiger partial charge is 0.309 e. The Bertz CT molecular complexity index is 701. The first-order chi connectivity index (χ1) is 11.0. The fourth-order valence-electron chi connectivity index (χ4n) is 3.30. The highest BCUT2D eigenvalue weighted by molar-refractivity contribution is 5.98. The summed E-state index contributed by atoms with van der Waals surface area (Å²) in [6, 6.07) is 10.2. The molecule has 2 heterocycles. The van der Waals surface area contributed by atoms with Crippen molar-refractivity contribution in [2.24, 2.45) is 11.8 Å². The highest BCUT2D eigenvalue weighted by atomic mass is 16.2. The lowest BCUT2D eigenvalue weighted by Crippen LogP contribution is -2.22. The predicted octanol–water partition coefficient (Wildman–Crippen LogP) is 3.82. The van der Waals surface area contributed by atoms with E-state index in [1.54, 1.807) is 0 Å². The fraction of sp³-hybridized carbons (Fsp3) is 0.474. The molecule has 4 nitrogen and oxygen atoms in total. The molecule has 2 aromatic rings. The van der Waals surface area contributed by atoms with Crippen molar-refractivity contribution in [1.29, 1.82) is 0 Å². The summed E-state index contributed by atoms with van der Waals surface area (Å²) < 4.78 is 2.14. The number of amides is 1. The standard InChI is InChI=1S/C19H25N3O/c1-12(2)10-15-18-21-19(23)17(13(3)4)22(18)16(20-15)11-14-8-6-5-7-9-14/h5-9,12-13,17H,10-11H2,1-4H3,(H,21,23). The third kappa shape index (κ3) is 3.03. The number of fused-ring (bicyclic) bond motifs is 1. The van der Waals surface area contributed by atoms with E-state index >= 15 is 0 Å². The van der Waals surface area contributed by atoms with Gasteiger partial charge in [-0.2, -0.15) is 0 Å². The van der Waals surface area contributed by atoms with E-state index in [0.717, 1.165) is 30.2 Å². The van der Waals surface area contributed by atoms with Gasteiger partial charge in [-0.15, -0.1) is 0 Å². The van der Waals surface area contributed by atoms with E-state index in [1.807, 2.05) is 18.2 Å². The van der Waals surface area contributed by atoms with Crippen LogP contribution in [-0.2, 0) is 17.6 Å². The molecule has 4 heteroatoms. The van der Waals surface area contributed by atoms with Gasteiger partial charge in [-0.3, -0.25) is 4.79 Å². The van der Waals surface area contributed by atoms with Crippen LogP contribution < -0.4 is 5.32 Å². The van der Waals surface area contributed by atoms with Crippen molar-refractivity contribution in [3.05, 3.63) is 47.4 Å². The van der Waals surface area contributed by atoms with E-state index in [2.05, 4.69) is 49.7 Å². The van der Waals surface area contributed by atoms with Crippen LogP contribution in [0.15, 0.2) is 30.3 Å². The molecule has 3 rings (SSSR count). The molecule has 0 spiro atoms. The number of anilines is 1. The molecule has 1 aromatic carbocycles. The highest BCUT2D eigenvalue weighted by Crippen LogP contribution is 2.36. The van der Waals surface area contributed by atoms with Crippen molar-refractivity contribution in [2.45, 2.75) is 46.6 Å². The van der Waals surface area contributed by atoms with E-state index in [4.69, 9.17) is 4.98 Å². The van der Waals surface area contributed by atoms with Crippen molar-refractivity contribution in [3.8, 4) is 0 Å². The molecule has 0 radical (unpaired) electrons. The van der Waals surface area contributed by atoms with E-state index in [-0.39, 0.29) is 17.9 Å². The maximum absolute atomic E-state index is 12.4. The minimum absolute atomic E-state index is 0.0942. The Morgan fingerprint density at radius 2 is 1.87 bits per heavy atom. The van der Waals surface area contributed by atoms with Gasteiger partial charge in [0.1, 0.15) is 17.7 Å². The highest BCUT2D eigenvalue weighted by Gasteiger charge is 2.37. The van der Waals surface area contributed by atoms with E-state index in [0.29, 0.717) is 5.92 Å². The summed E-state index contributed by atoms with van der Waals surface area (Å²) in [7, 11) is 0. The average molecular weight is 311 g/mol. The summed E-state index contributed by atoms with van der Waals surface area (Å²) in [5.41, 5.74) is 2.24. The summed E-state index contributed by atoms with van der Waals surface area (Å²) in [4.78, 5) is 17.3. The van der Waals surface area contributed by atoms with Crippen LogP contribution in [0.2, 0.25) is 0 Å². The summed E-state index contributed by atoms with van der Waals surface area (Å²) >= 11 is 0. The van der Waals surface area contributed by atoms with Gasteiger partial charge in [-0.1, -0.05) is 58.0 Å². The van der Waals surface area contributed by atoms with Crippen LogP contribution in [-0.4, -0.2) is 15.5 Å². The molecule has 1 amide bonds. The summed E-state index contributed by atoms with van der Waals surface area (Å²) in [6.07, 6.45) is 1.64. The molecule has 1 unspecified atom stereocenters. The number of carbonyl (C=O) groups is 1. The molecule has 23 heavy (non-hydrogen) atoms. The van der Waals surface area contributed by atoms with Crippen molar-refractivity contribution in [1.82, 2.24) is 9.55 Å². The normalized spacial score (nSPS) is 17.0. The second kappa shape index (κ2) is 6.19. The van der Waals surface area contributed by atoms with Crippen LogP contribution in [0.25, 0.3) is 0 Å². The molecule has 0 fully saturated rings. The first-order valence-corrected chi connectivity index (χ1v) is 8.42. The Kier molecular flexibility index (Phi) is 4.24. The van der Waals surface area contributed by atoms with Gasteiger partial charge in [0, 0.05) is 6.42 Å². The van der Waals surface area contributed by atoms with Gasteiger partial charge in [-0.25, -0.2) is 4.98 Å². The number of nitrogens with zero attached hydrogens (tertiary/aromatic N) is 2. The van der Waals surface area contributed by atoms with E-state index < -0.39 is 0 Å². The van der Waals surface area contributed by atoms with Crippen LogP contribution in [0.1, 0.15) is 50.8 Å². The Hall–Kier alpha value is -2.10. The lowest BCUT2D eigenvalue weighted by molar-refractivity contribution is -0.119. The third-order valence-corrected chi connectivity index (χ3v) is 4.28. The Balaban J connectivity index is 2.04. The van der Waals surface area contributed by atoms with Crippen molar-refractivity contribution < 1.29 is 4.79 Å². The molecule has 1 atom stereocenters. The van der Waals surface area contributed by atoms with Crippen molar-refractivity contribution >= 4 is 11.7 Å². The topological polar surface area (TPSA) is 46.9 Å². The molecular formula is C19H25N3O. The Morgan fingerprint density at radius 3 is 2.48 bits per heavy atom. The minimum atomic E-state index is -0.155. The van der Waals surface area contributed by atoms with Crippen LogP contribution in [0.3, 0.4) is 0 Å². The summed E-state index contributed by atoms with van der Waals surface area (Å²) in [6.45, 7) is 8.54. The SMILES string of the molecule is CC(C)Cc1nc(Cc2ccccc2)n2c1NC(=O)C2C(C)C. The predicted molar refractivity (Wildman–Crippen MR) is 92.5 cm³/mol. The van der Waals surface area contributed by atoms with Crippen LogP contribution in [0, 0.1) is 11.8 Å². The van der Waals surface area contributed by atoms with Gasteiger partial charge in [0.25, 0.3) is 0 Å². The smallest absolute Gasteiger partial charge is 0.248 e. The van der Waals surface area contributed by atoms with Crippen molar-refractivity contribution in [3.63, 3.8) is 0 Å². The van der Waals surface area contributed by atoms with Gasteiger partial charge in [-0.05, 0) is 23.8 Å². The Morgan fingerprint density at radius 1 is 1.17 bits per heavy atom. The van der Waals surface area contributed by atoms with E-state index in [9.17, 15) is 4.79 Å². The van der Waals surface area contributed by atoms with Gasteiger partial charge in [0.05, 0.1) is 5.69 Å². The average Bonchev–Trinajstić information content (AvgIpc) is 2.97. The zero-order valence-corrected chi connectivity index (χ0v) is 14.3. The molecule has 0 aliphatic carbocycles. The lowest BCUT2D eigenvalue weighted by Gasteiger charge is -2.16. The molecule has 1 aliphatic rings. The molecule has 0 saturated carbocycles. The summed E-state index contributed by atoms with van der Waals surface area (Å²) in [5.74, 6) is 2.74. The van der Waals surface area contributed by atoms with Gasteiger partial charge in [0.2, 0.25) is 5.91 Å². The number of benzene rings is 1. The maximum atomic E-state index is 12.4. The first kappa shape index (κ1) is 15.8. The third-order valence-electron chi connectivity index (χ3n) is 4.28. The number of aromatic nitrogens is 2. The molecular weight excluding hydrogens is 286 g/mol. The maximum Gasteiger partial charge on any atom is 0.248 e. The second-order valence-corrected chi connectivity index (χ2v) is 7.13. The molecule has 1 aromatic heterocycles. The van der Waals surface area contributed by atoms with Gasteiger partial charge >= 0.3 is 0 Å². The molecule has 1 aliphatic heterocycles. The molecule has 1 N–H and O–H groups in total. The van der Waals surface area contributed by atoms with Crippen LogP contribution in [0.4, 0.5) is 5.82 Å². The second-order valence-electron chi connectivity index (χ2n) is 7.13. The quantitative estimate of drug-likeness (QED) is 0.912. The van der Waals surface area contributed by atoms with Crippen LogP contribution in [0.5, 0.6) is 0 Å². The number of carbonyl (C=O) groups excluding carboxylic acids is 1. The number of hydrogen-bond acceptors (Lipinski definition) is 2. The number of rotatable bonds is 5. The first-order valence-electron chi connectivity index (χ1n) is 8.42. The number of nitrogens with one attached hydrogen (secondary N) is 1. The monoisotopic (exact) mass is 311 g/mol. The molecule has 122 valence electrons. The summed E-state index contributed by atoms with van der Waals surface area (Å²) in [5, 5.41) is 3.07.